The van der Waals surface area contributed by atoms with Gasteiger partial charge >= 0.3 is 0 Å². The zero-order chi connectivity index (χ0) is 19.0. The third kappa shape index (κ3) is 3.46. The molecule has 138 valence electrons. The lowest BCUT2D eigenvalue weighted by Crippen LogP contribution is -1.99. The number of methoxy groups -OCH3 is 1. The Balaban J connectivity index is 1.51. The Hall–Kier alpha value is -3.06. The fraction of sp³-hybridized carbons (Fsp3) is 0.200. The van der Waals surface area contributed by atoms with E-state index in [0.717, 1.165) is 43.8 Å². The zero-order valence-electron chi connectivity index (χ0n) is 15.4. The molecule has 0 spiro atoms. The minimum absolute atomic E-state index is 0.336. The summed E-state index contributed by atoms with van der Waals surface area (Å²) in [5, 5.41) is 18.7. The second-order valence-electron chi connectivity index (χ2n) is 6.42. The van der Waals surface area contributed by atoms with E-state index in [-0.39, 0.29) is 0 Å². The average molecular weight is 380 g/mol. The van der Waals surface area contributed by atoms with Crippen molar-refractivity contribution in [2.24, 2.45) is 0 Å². The number of phenolic OH excluding ortho intramolecular Hbond substituents is 1. The Kier molecular flexibility index (Phi) is 4.45. The number of aromatic hydroxyl groups is 1. The van der Waals surface area contributed by atoms with Crippen LogP contribution in [0.25, 0.3) is 16.2 Å². The molecule has 0 amide bonds. The highest BCUT2D eigenvalue weighted by Gasteiger charge is 2.12. The molecule has 2 heterocycles. The first-order chi connectivity index (χ1) is 13.0. The largest absolute Gasteiger partial charge is 0.507 e. The van der Waals surface area contributed by atoms with Crippen LogP contribution in [0.15, 0.2) is 42.6 Å². The molecular formula is C20H20N4O2S. The average Bonchev–Trinajstić information content (AvgIpc) is 3.23. The number of benzene rings is 2. The molecule has 0 fully saturated rings. The summed E-state index contributed by atoms with van der Waals surface area (Å²) in [5.74, 6) is 1.18. The Morgan fingerprint density at radius 3 is 2.48 bits per heavy atom. The van der Waals surface area contributed by atoms with Crippen LogP contribution in [-0.2, 0) is 6.54 Å². The fourth-order valence-electron chi connectivity index (χ4n) is 2.94. The lowest BCUT2D eigenvalue weighted by molar-refractivity contribution is 0.414. The molecule has 27 heavy (non-hydrogen) atoms. The number of fused-ring (bicyclic) bond motifs is 1. The van der Waals surface area contributed by atoms with Gasteiger partial charge < -0.3 is 15.2 Å². The molecule has 4 rings (SSSR count). The van der Waals surface area contributed by atoms with Crippen LogP contribution < -0.4 is 10.1 Å². The van der Waals surface area contributed by atoms with Gasteiger partial charge in [-0.2, -0.15) is 0 Å². The minimum atomic E-state index is 0.336. The number of hydrogen-bond donors (Lipinski definition) is 2. The monoisotopic (exact) mass is 380 g/mol. The Morgan fingerprint density at radius 1 is 1.15 bits per heavy atom. The van der Waals surface area contributed by atoms with Crippen LogP contribution in [0.4, 0.5) is 5.13 Å². The third-order valence-corrected chi connectivity index (χ3v) is 5.31. The first kappa shape index (κ1) is 17.4. The lowest BCUT2D eigenvalue weighted by atomic mass is 10.0. The van der Waals surface area contributed by atoms with Gasteiger partial charge in [-0.3, -0.25) is 0 Å². The van der Waals surface area contributed by atoms with E-state index in [1.807, 2.05) is 56.4 Å². The number of aromatic nitrogens is 3. The Labute approximate surface area is 161 Å². The second kappa shape index (κ2) is 6.92. The maximum Gasteiger partial charge on any atom is 0.214 e. The van der Waals surface area contributed by atoms with Crippen LogP contribution in [0.5, 0.6) is 11.5 Å². The molecule has 0 bridgehead atoms. The van der Waals surface area contributed by atoms with Crippen molar-refractivity contribution in [3.8, 4) is 22.8 Å². The Morgan fingerprint density at radius 2 is 1.85 bits per heavy atom. The van der Waals surface area contributed by atoms with Crippen LogP contribution in [0, 0.1) is 13.8 Å². The van der Waals surface area contributed by atoms with Gasteiger partial charge in [0.05, 0.1) is 19.0 Å². The first-order valence-electron chi connectivity index (χ1n) is 8.57. The highest BCUT2D eigenvalue weighted by molar-refractivity contribution is 7.20. The SMILES string of the molecule is COc1ccc(CNc2nn3cc(-c4cc(C)c(O)c(C)c4)nc3s2)cc1. The molecule has 2 N–H and O–H groups in total. The summed E-state index contributed by atoms with van der Waals surface area (Å²) in [4.78, 5) is 5.50. The predicted molar refractivity (Wildman–Crippen MR) is 108 cm³/mol. The molecule has 4 aromatic rings. The minimum Gasteiger partial charge on any atom is -0.507 e. The fourth-order valence-corrected chi connectivity index (χ4v) is 3.71. The number of imidazole rings is 1. The van der Waals surface area contributed by atoms with Crippen molar-refractivity contribution in [3.63, 3.8) is 0 Å². The van der Waals surface area contributed by atoms with Crippen molar-refractivity contribution in [3.05, 3.63) is 59.3 Å². The quantitative estimate of drug-likeness (QED) is 0.537. The summed E-state index contributed by atoms with van der Waals surface area (Å²) in [7, 11) is 1.66. The molecule has 0 saturated heterocycles. The smallest absolute Gasteiger partial charge is 0.214 e. The number of aryl methyl sites for hydroxylation is 2. The number of nitrogens with zero attached hydrogens (tertiary/aromatic N) is 3. The summed E-state index contributed by atoms with van der Waals surface area (Å²) in [5.41, 5.74) is 4.67. The van der Waals surface area contributed by atoms with Crippen LogP contribution in [0.2, 0.25) is 0 Å². The van der Waals surface area contributed by atoms with Gasteiger partial charge in [0.1, 0.15) is 11.5 Å². The van der Waals surface area contributed by atoms with Crippen LogP contribution >= 0.6 is 11.3 Å². The maximum absolute atomic E-state index is 9.94. The second-order valence-corrected chi connectivity index (χ2v) is 7.38. The van der Waals surface area contributed by atoms with Crippen molar-refractivity contribution >= 4 is 21.4 Å². The summed E-state index contributed by atoms with van der Waals surface area (Å²) < 4.78 is 6.96. The van der Waals surface area contributed by atoms with Crippen LogP contribution in [-0.4, -0.2) is 26.8 Å². The van der Waals surface area contributed by atoms with Crippen molar-refractivity contribution < 1.29 is 9.84 Å². The van der Waals surface area contributed by atoms with E-state index in [1.54, 1.807) is 11.6 Å². The van der Waals surface area contributed by atoms with E-state index in [1.165, 1.54) is 11.3 Å². The van der Waals surface area contributed by atoms with Crippen molar-refractivity contribution in [1.82, 2.24) is 14.6 Å². The summed E-state index contributed by atoms with van der Waals surface area (Å²) >= 11 is 1.51. The molecule has 0 saturated carbocycles. The molecule has 6 nitrogen and oxygen atoms in total. The van der Waals surface area contributed by atoms with Crippen LogP contribution in [0.1, 0.15) is 16.7 Å². The number of hydrogen-bond acceptors (Lipinski definition) is 6. The van der Waals surface area contributed by atoms with E-state index in [2.05, 4.69) is 15.4 Å². The number of phenols is 1. The highest BCUT2D eigenvalue weighted by atomic mass is 32.1. The normalized spacial score (nSPS) is 11.1. The summed E-state index contributed by atoms with van der Waals surface area (Å²) in [6.07, 6.45) is 1.91. The molecule has 7 heteroatoms. The van der Waals surface area contributed by atoms with Gasteiger partial charge in [0, 0.05) is 12.1 Å². The van der Waals surface area contributed by atoms with Gasteiger partial charge in [0.2, 0.25) is 10.1 Å². The van der Waals surface area contributed by atoms with Crippen LogP contribution in [0.3, 0.4) is 0 Å². The van der Waals surface area contributed by atoms with Gasteiger partial charge in [-0.15, -0.1) is 5.10 Å². The van der Waals surface area contributed by atoms with Crippen molar-refractivity contribution in [1.29, 1.82) is 0 Å². The predicted octanol–water partition coefficient (Wildman–Crippen LogP) is 4.40. The van der Waals surface area contributed by atoms with E-state index >= 15 is 0 Å². The molecule has 2 aromatic carbocycles. The molecule has 0 radical (unpaired) electrons. The topological polar surface area (TPSA) is 71.7 Å². The third-order valence-electron chi connectivity index (χ3n) is 4.43. The van der Waals surface area contributed by atoms with Crippen molar-refractivity contribution in [2.75, 3.05) is 12.4 Å². The zero-order valence-corrected chi connectivity index (χ0v) is 16.2. The first-order valence-corrected chi connectivity index (χ1v) is 9.39. The maximum atomic E-state index is 9.94. The molecule has 0 atom stereocenters. The lowest BCUT2D eigenvalue weighted by Gasteiger charge is -2.05. The number of anilines is 1. The van der Waals surface area contributed by atoms with Gasteiger partial charge in [-0.25, -0.2) is 9.50 Å². The van der Waals surface area contributed by atoms with E-state index in [4.69, 9.17) is 4.74 Å². The number of nitrogens with one attached hydrogen (secondary N) is 1. The molecular weight excluding hydrogens is 360 g/mol. The molecule has 0 aliphatic carbocycles. The summed E-state index contributed by atoms with van der Waals surface area (Å²) in [6.45, 7) is 4.47. The molecule has 0 unspecified atom stereocenters. The van der Waals surface area contributed by atoms with Gasteiger partial charge in [0.25, 0.3) is 0 Å². The van der Waals surface area contributed by atoms with Gasteiger partial charge in [-0.05, 0) is 54.8 Å². The highest BCUT2D eigenvalue weighted by Crippen LogP contribution is 2.30. The molecule has 2 aromatic heterocycles. The van der Waals surface area contributed by atoms with E-state index in [9.17, 15) is 5.11 Å². The summed E-state index contributed by atoms with van der Waals surface area (Å²) in [6, 6.07) is 11.8. The molecule has 0 aliphatic heterocycles. The molecule has 0 aliphatic rings. The van der Waals surface area contributed by atoms with Gasteiger partial charge in [-0.1, -0.05) is 23.5 Å². The van der Waals surface area contributed by atoms with E-state index in [0.29, 0.717) is 12.3 Å². The van der Waals surface area contributed by atoms with Gasteiger partial charge in [0.15, 0.2) is 0 Å². The standard InChI is InChI=1S/C20H20N4O2S/c1-12-8-15(9-13(2)18(12)25)17-11-24-20(22-17)27-19(23-24)21-10-14-4-6-16(26-3)7-5-14/h4-9,11,25H,10H2,1-3H3,(H,21,23). The van der Waals surface area contributed by atoms with E-state index < -0.39 is 0 Å². The van der Waals surface area contributed by atoms with Crippen molar-refractivity contribution in [2.45, 2.75) is 20.4 Å². The number of ether oxygens (including phenoxy) is 1. The number of rotatable bonds is 5. The Bertz CT molecular complexity index is 1040.